The Kier molecular flexibility index (Phi) is 4.55. The highest BCUT2D eigenvalue weighted by atomic mass is 35.5. The number of para-hydroxylation sites is 1. The smallest absolute Gasteiger partial charge is 0.335 e. The Bertz CT molecular complexity index is 632. The lowest BCUT2D eigenvalue weighted by atomic mass is 10.2. The van der Waals surface area contributed by atoms with Gasteiger partial charge in [0.05, 0.1) is 12.2 Å². The first-order valence-electron chi connectivity index (χ1n) is 5.85. The second-order valence-electron chi connectivity index (χ2n) is 4.08. The van der Waals surface area contributed by atoms with Gasteiger partial charge in [0.15, 0.2) is 0 Å². The number of hydrogen-bond acceptors (Lipinski definition) is 4. The number of anilines is 2. The topological polar surface area (TPSA) is 71.5 Å². The van der Waals surface area contributed by atoms with Gasteiger partial charge >= 0.3 is 5.97 Å². The van der Waals surface area contributed by atoms with Crippen LogP contribution in [-0.2, 0) is 11.3 Å². The zero-order valence-corrected chi connectivity index (χ0v) is 11.5. The summed E-state index contributed by atoms with van der Waals surface area (Å²) in [5.74, 6) is -0.680. The van der Waals surface area contributed by atoms with Crippen LogP contribution in [0.3, 0.4) is 0 Å². The maximum Gasteiger partial charge on any atom is 0.335 e. The van der Waals surface area contributed by atoms with E-state index in [2.05, 4.69) is 10.3 Å². The number of pyridine rings is 1. The van der Waals surface area contributed by atoms with E-state index < -0.39 is 5.97 Å². The van der Waals surface area contributed by atoms with Crippen molar-refractivity contribution < 1.29 is 14.6 Å². The van der Waals surface area contributed by atoms with Gasteiger partial charge in [0, 0.05) is 18.4 Å². The molecule has 0 aliphatic rings. The van der Waals surface area contributed by atoms with Gasteiger partial charge in [0.25, 0.3) is 0 Å². The molecule has 0 radical (unpaired) electrons. The van der Waals surface area contributed by atoms with Gasteiger partial charge in [-0.15, -0.1) is 0 Å². The highest BCUT2D eigenvalue weighted by Gasteiger charge is 2.09. The normalized spacial score (nSPS) is 10.3. The summed E-state index contributed by atoms with van der Waals surface area (Å²) < 4.78 is 5.11. The fraction of sp³-hybridized carbons (Fsp3) is 0.143. The Morgan fingerprint density at radius 1 is 1.40 bits per heavy atom. The Morgan fingerprint density at radius 2 is 2.15 bits per heavy atom. The van der Waals surface area contributed by atoms with Gasteiger partial charge in [-0.25, -0.2) is 9.78 Å². The molecule has 0 aliphatic heterocycles. The van der Waals surface area contributed by atoms with Crippen molar-refractivity contribution in [2.75, 3.05) is 12.4 Å². The number of methoxy groups -OCH3 is 1. The summed E-state index contributed by atoms with van der Waals surface area (Å²) in [7, 11) is 1.61. The number of aromatic carboxylic acids is 1. The van der Waals surface area contributed by atoms with Crippen LogP contribution in [0.5, 0.6) is 0 Å². The molecule has 2 N–H and O–H groups in total. The van der Waals surface area contributed by atoms with Gasteiger partial charge in [-0.3, -0.25) is 0 Å². The van der Waals surface area contributed by atoms with E-state index in [1.807, 2.05) is 24.3 Å². The van der Waals surface area contributed by atoms with E-state index in [-0.39, 0.29) is 10.7 Å². The van der Waals surface area contributed by atoms with Crippen molar-refractivity contribution in [1.82, 2.24) is 4.98 Å². The van der Waals surface area contributed by atoms with E-state index in [0.717, 1.165) is 11.3 Å². The van der Waals surface area contributed by atoms with Crippen LogP contribution in [0.4, 0.5) is 11.5 Å². The summed E-state index contributed by atoms with van der Waals surface area (Å²) in [6.45, 7) is 0.440. The molecule has 0 unspecified atom stereocenters. The van der Waals surface area contributed by atoms with Crippen molar-refractivity contribution in [3.8, 4) is 0 Å². The van der Waals surface area contributed by atoms with Crippen LogP contribution >= 0.6 is 11.6 Å². The average molecular weight is 293 g/mol. The minimum atomic E-state index is -1.05. The third kappa shape index (κ3) is 3.46. The summed E-state index contributed by atoms with van der Waals surface area (Å²) in [4.78, 5) is 15.1. The third-order valence-corrected chi connectivity index (χ3v) is 2.81. The van der Waals surface area contributed by atoms with Gasteiger partial charge in [0.2, 0.25) is 0 Å². The molecule has 1 heterocycles. The maximum absolute atomic E-state index is 11.0. The number of carboxylic acids is 1. The van der Waals surface area contributed by atoms with Crippen LogP contribution in [0.25, 0.3) is 0 Å². The number of halogens is 1. The number of carboxylic acid groups (broad SMARTS) is 1. The van der Waals surface area contributed by atoms with Gasteiger partial charge in [0.1, 0.15) is 11.0 Å². The Hall–Kier alpha value is -2.11. The fourth-order valence-corrected chi connectivity index (χ4v) is 1.95. The first-order valence-corrected chi connectivity index (χ1v) is 6.22. The van der Waals surface area contributed by atoms with Gasteiger partial charge < -0.3 is 15.2 Å². The van der Waals surface area contributed by atoms with Crippen molar-refractivity contribution in [2.24, 2.45) is 0 Å². The molecule has 2 rings (SSSR count). The van der Waals surface area contributed by atoms with Crippen molar-refractivity contribution >= 4 is 29.1 Å². The number of aromatic nitrogens is 1. The fourth-order valence-electron chi connectivity index (χ4n) is 1.75. The largest absolute Gasteiger partial charge is 0.478 e. The number of rotatable bonds is 5. The third-order valence-electron chi connectivity index (χ3n) is 2.62. The van der Waals surface area contributed by atoms with Crippen molar-refractivity contribution in [3.05, 3.63) is 52.7 Å². The number of hydrogen-bond donors (Lipinski definition) is 2. The monoisotopic (exact) mass is 292 g/mol. The number of nitrogens with one attached hydrogen (secondary N) is 1. The summed E-state index contributed by atoms with van der Waals surface area (Å²) in [5.41, 5.74) is 1.81. The SMILES string of the molecule is COCc1ccccc1Nc1cc(C(=O)O)cc(Cl)n1. The van der Waals surface area contributed by atoms with E-state index >= 15 is 0 Å². The van der Waals surface area contributed by atoms with Gasteiger partial charge in [-0.1, -0.05) is 29.8 Å². The van der Waals surface area contributed by atoms with Crippen molar-refractivity contribution in [2.45, 2.75) is 6.61 Å². The second-order valence-corrected chi connectivity index (χ2v) is 4.47. The van der Waals surface area contributed by atoms with Crippen LogP contribution in [0.15, 0.2) is 36.4 Å². The molecule has 5 nitrogen and oxygen atoms in total. The molecule has 0 saturated heterocycles. The molecule has 6 heteroatoms. The number of nitrogens with zero attached hydrogens (tertiary/aromatic N) is 1. The summed E-state index contributed by atoms with van der Waals surface area (Å²) in [6.07, 6.45) is 0. The first-order chi connectivity index (χ1) is 9.60. The molecule has 0 atom stereocenters. The predicted octanol–water partition coefficient (Wildman–Crippen LogP) is 3.32. The minimum Gasteiger partial charge on any atom is -0.478 e. The molecular formula is C14H13ClN2O3. The predicted molar refractivity (Wildman–Crippen MR) is 76.6 cm³/mol. The standard InChI is InChI=1S/C14H13ClN2O3/c1-20-8-9-4-2-3-5-11(9)16-13-7-10(14(18)19)6-12(15)17-13/h2-7H,8H2,1H3,(H,16,17)(H,18,19). The van der Waals surface area contributed by atoms with Crippen LogP contribution in [0.1, 0.15) is 15.9 Å². The number of carbonyl (C=O) groups is 1. The minimum absolute atomic E-state index is 0.0803. The highest BCUT2D eigenvalue weighted by molar-refractivity contribution is 6.29. The highest BCUT2D eigenvalue weighted by Crippen LogP contribution is 2.22. The van der Waals surface area contributed by atoms with Crippen LogP contribution < -0.4 is 5.32 Å². The molecule has 104 valence electrons. The molecule has 0 aliphatic carbocycles. The van der Waals surface area contributed by atoms with E-state index in [1.165, 1.54) is 12.1 Å². The van der Waals surface area contributed by atoms with E-state index in [4.69, 9.17) is 21.4 Å². The second kappa shape index (κ2) is 6.36. The molecule has 0 fully saturated rings. The number of ether oxygens (including phenoxy) is 1. The van der Waals surface area contributed by atoms with Gasteiger partial charge in [-0.05, 0) is 18.2 Å². The molecule has 1 aromatic carbocycles. The van der Waals surface area contributed by atoms with Crippen molar-refractivity contribution in [3.63, 3.8) is 0 Å². The molecular weight excluding hydrogens is 280 g/mol. The maximum atomic E-state index is 11.0. The lowest BCUT2D eigenvalue weighted by Gasteiger charge is -2.11. The van der Waals surface area contributed by atoms with E-state index in [0.29, 0.717) is 12.4 Å². The first kappa shape index (κ1) is 14.3. The van der Waals surface area contributed by atoms with Gasteiger partial charge in [-0.2, -0.15) is 0 Å². The molecule has 2 aromatic rings. The molecule has 20 heavy (non-hydrogen) atoms. The summed E-state index contributed by atoms with van der Waals surface area (Å²) in [6, 6.07) is 10.3. The van der Waals surface area contributed by atoms with Crippen LogP contribution in [0.2, 0.25) is 5.15 Å². The summed E-state index contributed by atoms with van der Waals surface area (Å²) >= 11 is 5.82. The zero-order chi connectivity index (χ0) is 14.5. The van der Waals surface area contributed by atoms with Crippen molar-refractivity contribution in [1.29, 1.82) is 0 Å². The number of benzene rings is 1. The molecule has 1 aromatic heterocycles. The van der Waals surface area contributed by atoms with Crippen LogP contribution in [0, 0.1) is 0 Å². The lowest BCUT2D eigenvalue weighted by Crippen LogP contribution is -2.02. The Morgan fingerprint density at radius 3 is 2.85 bits per heavy atom. The quantitative estimate of drug-likeness (QED) is 0.827. The van der Waals surface area contributed by atoms with E-state index in [9.17, 15) is 4.79 Å². The lowest BCUT2D eigenvalue weighted by molar-refractivity contribution is 0.0697. The molecule has 0 amide bonds. The Balaban J connectivity index is 2.32. The molecule has 0 spiro atoms. The Labute approximate surface area is 121 Å². The summed E-state index contributed by atoms with van der Waals surface area (Å²) in [5, 5.41) is 12.2. The van der Waals surface area contributed by atoms with Crippen LogP contribution in [-0.4, -0.2) is 23.2 Å². The molecule has 0 saturated carbocycles. The molecule has 0 bridgehead atoms. The zero-order valence-electron chi connectivity index (χ0n) is 10.8. The average Bonchev–Trinajstić information content (AvgIpc) is 2.40. The van der Waals surface area contributed by atoms with E-state index in [1.54, 1.807) is 7.11 Å².